The van der Waals surface area contributed by atoms with Crippen molar-refractivity contribution in [2.45, 2.75) is 12.7 Å². The number of ether oxygens (including phenoxy) is 1. The van der Waals surface area contributed by atoms with Gasteiger partial charge in [-0.1, -0.05) is 12.1 Å². The van der Waals surface area contributed by atoms with E-state index in [1.807, 2.05) is 29.6 Å². The van der Waals surface area contributed by atoms with Gasteiger partial charge in [-0.05, 0) is 48.9 Å². The highest BCUT2D eigenvalue weighted by atomic mass is 32.2. The van der Waals surface area contributed by atoms with Crippen LogP contribution in [0.25, 0.3) is 16.4 Å². The number of hydrogen-bond acceptors (Lipinski definition) is 8. The van der Waals surface area contributed by atoms with Crippen LogP contribution in [0.15, 0.2) is 68.9 Å². The van der Waals surface area contributed by atoms with Gasteiger partial charge in [0.25, 0.3) is 10.1 Å². The Morgan fingerprint density at radius 1 is 1.12 bits per heavy atom. The van der Waals surface area contributed by atoms with Crippen LogP contribution in [0.4, 0.5) is 11.4 Å². The van der Waals surface area contributed by atoms with Gasteiger partial charge in [-0.2, -0.15) is 18.2 Å². The van der Waals surface area contributed by atoms with Gasteiger partial charge in [0.15, 0.2) is 5.69 Å². The number of rotatable bonds is 7. The normalized spacial score (nSPS) is 11.8. The van der Waals surface area contributed by atoms with Gasteiger partial charge in [0.05, 0.1) is 24.2 Å². The van der Waals surface area contributed by atoms with Crippen LogP contribution in [0.3, 0.4) is 0 Å². The lowest BCUT2D eigenvalue weighted by atomic mass is 10.2. The first-order valence-electron chi connectivity index (χ1n) is 9.61. The molecule has 0 amide bonds. The van der Waals surface area contributed by atoms with Crippen molar-refractivity contribution in [3.8, 4) is 22.1 Å². The smallest absolute Gasteiger partial charge is 0.301 e. The highest BCUT2D eigenvalue weighted by Crippen LogP contribution is 2.26. The third-order valence-electron chi connectivity index (χ3n) is 4.66. The molecule has 170 valence electrons. The second-order valence-corrected chi connectivity index (χ2v) is 9.35. The Hall–Kier alpha value is -3.61. The zero-order valence-corrected chi connectivity index (χ0v) is 19.2. The van der Waals surface area contributed by atoms with E-state index in [4.69, 9.17) is 9.29 Å². The summed E-state index contributed by atoms with van der Waals surface area (Å²) in [6.07, 6.45) is 0. The van der Waals surface area contributed by atoms with Crippen LogP contribution < -0.4 is 10.3 Å². The third-order valence-corrected chi connectivity index (χ3v) is 6.18. The molecule has 0 saturated heterocycles. The molecule has 0 aliphatic carbocycles. The van der Waals surface area contributed by atoms with Crippen molar-refractivity contribution < 1.29 is 17.7 Å². The summed E-state index contributed by atoms with van der Waals surface area (Å²) in [5.74, 6) is 0.256. The van der Waals surface area contributed by atoms with E-state index in [2.05, 4.69) is 20.3 Å². The highest BCUT2D eigenvalue weighted by molar-refractivity contribution is 7.85. The molecule has 2 N–H and O–H groups in total. The zero-order chi connectivity index (χ0) is 23.6. The summed E-state index contributed by atoms with van der Waals surface area (Å²) in [6.45, 7) is 1.71. The van der Waals surface area contributed by atoms with Crippen LogP contribution >= 0.6 is 11.3 Å². The second-order valence-electron chi connectivity index (χ2n) is 7.06. The van der Waals surface area contributed by atoms with E-state index in [9.17, 15) is 13.2 Å². The average molecular weight is 486 g/mol. The first-order valence-corrected chi connectivity index (χ1v) is 12.1. The topological polar surface area (TPSA) is 139 Å². The van der Waals surface area contributed by atoms with E-state index in [1.165, 1.54) is 28.2 Å². The number of aryl methyl sites for hydroxylation is 1. The molecule has 12 heteroatoms. The molecule has 0 radical (unpaired) electrons. The number of nitrogens with one attached hydrogen (secondary N) is 1. The molecular weight excluding hydrogens is 466 g/mol. The van der Waals surface area contributed by atoms with Gasteiger partial charge in [0.2, 0.25) is 5.13 Å². The summed E-state index contributed by atoms with van der Waals surface area (Å²) in [7, 11) is -2.51. The van der Waals surface area contributed by atoms with Crippen LogP contribution in [0, 0.1) is 6.92 Å². The van der Waals surface area contributed by atoms with Crippen LogP contribution in [-0.2, 0) is 15.9 Å². The fraction of sp³-hybridized carbons (Fsp3) is 0.143. The fourth-order valence-corrected chi connectivity index (χ4v) is 4.43. The maximum Gasteiger partial charge on any atom is 0.301 e. The minimum Gasteiger partial charge on any atom is -0.497 e. The maximum absolute atomic E-state index is 12.9. The Kier molecular flexibility index (Phi) is 6.22. The zero-order valence-electron chi connectivity index (χ0n) is 17.6. The number of aromatic amines is 1. The molecule has 4 rings (SSSR count). The van der Waals surface area contributed by atoms with Gasteiger partial charge in [-0.3, -0.25) is 14.4 Å². The molecule has 2 aromatic heterocycles. The van der Waals surface area contributed by atoms with Crippen molar-refractivity contribution in [3.63, 3.8) is 0 Å². The van der Waals surface area contributed by atoms with Crippen molar-refractivity contribution >= 4 is 32.8 Å². The lowest BCUT2D eigenvalue weighted by molar-refractivity contribution is 0.415. The first-order chi connectivity index (χ1) is 15.7. The van der Waals surface area contributed by atoms with Gasteiger partial charge >= 0.3 is 5.56 Å². The molecule has 10 nitrogen and oxygen atoms in total. The molecule has 0 spiro atoms. The average Bonchev–Trinajstić information content (AvgIpc) is 3.37. The summed E-state index contributed by atoms with van der Waals surface area (Å²) in [5.41, 5.74) is 2.72. The van der Waals surface area contributed by atoms with E-state index in [-0.39, 0.29) is 5.69 Å². The monoisotopic (exact) mass is 485 g/mol. The molecule has 0 unspecified atom stereocenters. The van der Waals surface area contributed by atoms with Crippen LogP contribution in [-0.4, -0.2) is 34.8 Å². The van der Waals surface area contributed by atoms with Crippen molar-refractivity contribution in [3.05, 3.63) is 75.5 Å². The number of hydrogen-bond donors (Lipinski definition) is 2. The number of thiazole rings is 1. The maximum atomic E-state index is 12.9. The van der Waals surface area contributed by atoms with Gasteiger partial charge in [0.1, 0.15) is 11.5 Å². The second kappa shape index (κ2) is 9.10. The molecule has 2 aromatic carbocycles. The number of benzene rings is 2. The summed E-state index contributed by atoms with van der Waals surface area (Å²) in [6, 6.07) is 13.6. The minimum absolute atomic E-state index is 0.137. The number of aromatic nitrogens is 3. The number of azo groups is 1. The summed E-state index contributed by atoms with van der Waals surface area (Å²) in [4.78, 5) is 17.4. The van der Waals surface area contributed by atoms with E-state index in [0.717, 1.165) is 17.0 Å². The predicted molar refractivity (Wildman–Crippen MR) is 125 cm³/mol. The summed E-state index contributed by atoms with van der Waals surface area (Å²) < 4.78 is 37.3. The van der Waals surface area contributed by atoms with Gasteiger partial charge in [0, 0.05) is 10.9 Å². The minimum atomic E-state index is -4.11. The largest absolute Gasteiger partial charge is 0.497 e. The van der Waals surface area contributed by atoms with Crippen molar-refractivity contribution in [1.29, 1.82) is 0 Å². The van der Waals surface area contributed by atoms with E-state index >= 15 is 0 Å². The third kappa shape index (κ3) is 5.25. The number of methoxy groups -OCH3 is 1. The molecule has 0 fully saturated rings. The van der Waals surface area contributed by atoms with Crippen LogP contribution in [0.5, 0.6) is 5.75 Å². The van der Waals surface area contributed by atoms with Crippen molar-refractivity contribution in [1.82, 2.24) is 14.8 Å². The van der Waals surface area contributed by atoms with E-state index in [1.54, 1.807) is 26.2 Å². The predicted octanol–water partition coefficient (Wildman–Crippen LogP) is 4.41. The summed E-state index contributed by atoms with van der Waals surface area (Å²) in [5, 5.41) is 13.4. The highest BCUT2D eigenvalue weighted by Gasteiger charge is 2.15. The SMILES string of the molecule is COc1ccc(-c2csc(-n3[nH]c(C)c(N=Nc4ccc(CS(=O)(=O)O)cc4)c3=O)n2)cc1. The van der Waals surface area contributed by atoms with Crippen LogP contribution in [0.2, 0.25) is 0 Å². The Morgan fingerprint density at radius 3 is 2.45 bits per heavy atom. The standard InChI is InChI=1S/C21H19N5O5S2/c1-13-19(24-23-16-7-3-14(4-8-16)12-33(28,29)30)20(27)26(25-13)21-22-18(11-32-21)15-5-9-17(31-2)10-6-15/h3-11,25H,12H2,1-2H3,(H,28,29,30). The fourth-order valence-electron chi connectivity index (χ4n) is 3.03. The lowest BCUT2D eigenvalue weighted by Crippen LogP contribution is -2.13. The molecule has 33 heavy (non-hydrogen) atoms. The van der Waals surface area contributed by atoms with Gasteiger partial charge in [-0.15, -0.1) is 16.5 Å². The van der Waals surface area contributed by atoms with E-state index in [0.29, 0.717) is 22.1 Å². The van der Waals surface area contributed by atoms with Crippen molar-refractivity contribution in [2.24, 2.45) is 10.2 Å². The Bertz CT molecular complexity index is 1470. The molecule has 0 bridgehead atoms. The van der Waals surface area contributed by atoms with Gasteiger partial charge < -0.3 is 4.74 Å². The lowest BCUT2D eigenvalue weighted by Gasteiger charge is -2.00. The summed E-state index contributed by atoms with van der Waals surface area (Å²) >= 11 is 1.31. The quantitative estimate of drug-likeness (QED) is 0.294. The molecule has 0 atom stereocenters. The molecular formula is C21H19N5O5S2. The molecule has 0 saturated carbocycles. The van der Waals surface area contributed by atoms with Gasteiger partial charge in [-0.25, -0.2) is 4.98 Å². The number of nitrogens with zero attached hydrogens (tertiary/aromatic N) is 4. The first kappa shape index (κ1) is 22.6. The Balaban J connectivity index is 1.56. The Labute approximate surface area is 193 Å². The molecule has 0 aliphatic heterocycles. The Morgan fingerprint density at radius 2 is 1.82 bits per heavy atom. The van der Waals surface area contributed by atoms with Crippen molar-refractivity contribution in [2.75, 3.05) is 7.11 Å². The number of H-pyrrole nitrogens is 1. The van der Waals surface area contributed by atoms with E-state index < -0.39 is 21.4 Å². The molecule has 2 heterocycles. The molecule has 4 aromatic rings. The molecule has 0 aliphatic rings. The van der Waals surface area contributed by atoms with Crippen LogP contribution in [0.1, 0.15) is 11.3 Å².